The van der Waals surface area contributed by atoms with Gasteiger partial charge >= 0.3 is 0 Å². The molecule has 2 rings (SSSR count). The molecule has 3 unspecified atom stereocenters. The lowest BCUT2D eigenvalue weighted by molar-refractivity contribution is -0.0519. The second-order valence-electron chi connectivity index (χ2n) is 6.39. The summed E-state index contributed by atoms with van der Waals surface area (Å²) in [5.74, 6) is 0.661. The topological polar surface area (TPSA) is 38.5 Å². The highest BCUT2D eigenvalue weighted by molar-refractivity contribution is 4.97. The fraction of sp³-hybridized carbons (Fsp3) is 1.00. The molecule has 2 bridgehead atoms. The number of piperidine rings is 2. The zero-order valence-electron chi connectivity index (χ0n) is 12.3. The average Bonchev–Trinajstić information content (AvgIpc) is 2.29. The minimum Gasteiger partial charge on any atom is -0.380 e. The van der Waals surface area contributed by atoms with Crippen LogP contribution in [0.4, 0.5) is 0 Å². The molecular weight excluding hydrogens is 224 g/mol. The Bertz CT molecular complexity index is 243. The van der Waals surface area contributed by atoms with Crippen LogP contribution < -0.4 is 5.73 Å². The summed E-state index contributed by atoms with van der Waals surface area (Å²) >= 11 is 0. The number of hydrogen-bond donors (Lipinski definition) is 1. The standard InChI is InChI=1S/C15H30N2O/c1-4-18-10-15(11(2)3)17-13-6-5-7-14(17)9-12(16)8-13/h11-15H,4-10,16H2,1-3H3. The van der Waals surface area contributed by atoms with Crippen molar-refractivity contribution in [1.29, 1.82) is 0 Å². The van der Waals surface area contributed by atoms with E-state index in [4.69, 9.17) is 10.5 Å². The number of fused-ring (bicyclic) bond motifs is 2. The van der Waals surface area contributed by atoms with Gasteiger partial charge in [-0.2, -0.15) is 0 Å². The van der Waals surface area contributed by atoms with Gasteiger partial charge in [0.15, 0.2) is 0 Å². The van der Waals surface area contributed by atoms with Gasteiger partial charge in [-0.05, 0) is 38.5 Å². The van der Waals surface area contributed by atoms with Gasteiger partial charge in [-0.15, -0.1) is 0 Å². The molecule has 2 saturated heterocycles. The summed E-state index contributed by atoms with van der Waals surface area (Å²) < 4.78 is 5.73. The summed E-state index contributed by atoms with van der Waals surface area (Å²) in [5, 5.41) is 0. The maximum absolute atomic E-state index is 6.21. The molecule has 2 aliphatic rings. The van der Waals surface area contributed by atoms with Crippen molar-refractivity contribution >= 4 is 0 Å². The molecule has 3 atom stereocenters. The maximum atomic E-state index is 6.21. The molecule has 18 heavy (non-hydrogen) atoms. The Labute approximate surface area is 112 Å². The number of ether oxygens (including phenoxy) is 1. The van der Waals surface area contributed by atoms with Crippen LogP contribution in [-0.2, 0) is 4.74 Å². The van der Waals surface area contributed by atoms with E-state index in [9.17, 15) is 0 Å². The average molecular weight is 254 g/mol. The Morgan fingerprint density at radius 3 is 2.33 bits per heavy atom. The van der Waals surface area contributed by atoms with Gasteiger partial charge in [0.2, 0.25) is 0 Å². The zero-order valence-corrected chi connectivity index (χ0v) is 12.3. The minimum absolute atomic E-state index is 0.427. The molecule has 0 aromatic rings. The number of hydrogen-bond acceptors (Lipinski definition) is 3. The van der Waals surface area contributed by atoms with Crippen molar-refractivity contribution in [3.05, 3.63) is 0 Å². The molecule has 2 fully saturated rings. The quantitative estimate of drug-likeness (QED) is 0.818. The lowest BCUT2D eigenvalue weighted by Gasteiger charge is -2.52. The van der Waals surface area contributed by atoms with Crippen molar-refractivity contribution < 1.29 is 4.74 Å². The zero-order chi connectivity index (χ0) is 13.1. The van der Waals surface area contributed by atoms with Gasteiger partial charge in [0.25, 0.3) is 0 Å². The van der Waals surface area contributed by atoms with Gasteiger partial charge in [-0.3, -0.25) is 4.90 Å². The molecule has 0 aromatic heterocycles. The van der Waals surface area contributed by atoms with Gasteiger partial charge in [-0.25, -0.2) is 0 Å². The fourth-order valence-corrected chi connectivity index (χ4v) is 3.86. The van der Waals surface area contributed by atoms with Crippen molar-refractivity contribution in [2.24, 2.45) is 11.7 Å². The van der Waals surface area contributed by atoms with E-state index in [0.717, 1.165) is 13.2 Å². The summed E-state index contributed by atoms with van der Waals surface area (Å²) in [6.45, 7) is 8.45. The highest BCUT2D eigenvalue weighted by atomic mass is 16.5. The SMILES string of the molecule is CCOCC(C(C)C)N1C2CCCC1CC(N)C2. The number of nitrogens with two attached hydrogens (primary N) is 1. The summed E-state index contributed by atoms with van der Waals surface area (Å²) in [6, 6.07) is 2.42. The van der Waals surface area contributed by atoms with Gasteiger partial charge < -0.3 is 10.5 Å². The van der Waals surface area contributed by atoms with Crippen LogP contribution in [0.5, 0.6) is 0 Å². The normalized spacial score (nSPS) is 34.8. The van der Waals surface area contributed by atoms with Crippen molar-refractivity contribution in [2.75, 3.05) is 13.2 Å². The fourth-order valence-electron chi connectivity index (χ4n) is 3.86. The molecular formula is C15H30N2O. The largest absolute Gasteiger partial charge is 0.380 e. The molecule has 0 aromatic carbocycles. The summed E-state index contributed by atoms with van der Waals surface area (Å²) in [4.78, 5) is 2.77. The van der Waals surface area contributed by atoms with E-state index >= 15 is 0 Å². The Morgan fingerprint density at radius 1 is 1.22 bits per heavy atom. The van der Waals surface area contributed by atoms with Crippen LogP contribution in [0, 0.1) is 5.92 Å². The Morgan fingerprint density at radius 2 is 1.83 bits per heavy atom. The van der Waals surface area contributed by atoms with E-state index in [0.29, 0.717) is 30.1 Å². The van der Waals surface area contributed by atoms with Crippen LogP contribution in [0.15, 0.2) is 0 Å². The van der Waals surface area contributed by atoms with Crippen LogP contribution in [0.3, 0.4) is 0 Å². The van der Waals surface area contributed by atoms with E-state index in [1.165, 1.54) is 32.1 Å². The van der Waals surface area contributed by atoms with Gasteiger partial charge in [0.05, 0.1) is 6.61 Å². The van der Waals surface area contributed by atoms with Gasteiger partial charge in [-0.1, -0.05) is 20.3 Å². The van der Waals surface area contributed by atoms with Crippen LogP contribution in [0.2, 0.25) is 0 Å². The van der Waals surface area contributed by atoms with E-state index in [1.807, 2.05) is 0 Å². The smallest absolute Gasteiger partial charge is 0.0624 e. The lowest BCUT2D eigenvalue weighted by atomic mass is 9.79. The highest BCUT2D eigenvalue weighted by Crippen LogP contribution is 2.36. The molecule has 0 aliphatic carbocycles. The first-order valence-corrected chi connectivity index (χ1v) is 7.74. The second kappa shape index (κ2) is 6.36. The van der Waals surface area contributed by atoms with Gasteiger partial charge in [0, 0.05) is 30.8 Å². The molecule has 0 saturated carbocycles. The Balaban J connectivity index is 2.08. The third-order valence-corrected chi connectivity index (χ3v) is 4.71. The molecule has 0 spiro atoms. The van der Waals surface area contributed by atoms with Crippen LogP contribution >= 0.6 is 0 Å². The van der Waals surface area contributed by atoms with Crippen LogP contribution in [0.25, 0.3) is 0 Å². The maximum Gasteiger partial charge on any atom is 0.0624 e. The minimum atomic E-state index is 0.427. The predicted octanol–water partition coefficient (Wildman–Crippen LogP) is 2.39. The summed E-state index contributed by atoms with van der Waals surface area (Å²) in [6.07, 6.45) is 6.43. The van der Waals surface area contributed by atoms with E-state index in [-0.39, 0.29) is 0 Å². The first kappa shape index (κ1) is 14.3. The molecule has 3 heteroatoms. The van der Waals surface area contributed by atoms with Crippen LogP contribution in [0.1, 0.15) is 52.9 Å². The third-order valence-electron chi connectivity index (χ3n) is 4.71. The van der Waals surface area contributed by atoms with Crippen molar-refractivity contribution in [3.63, 3.8) is 0 Å². The van der Waals surface area contributed by atoms with Crippen molar-refractivity contribution in [1.82, 2.24) is 4.90 Å². The number of rotatable bonds is 5. The first-order chi connectivity index (χ1) is 8.63. The Kier molecular flexibility index (Phi) is 5.05. The van der Waals surface area contributed by atoms with E-state index < -0.39 is 0 Å². The van der Waals surface area contributed by atoms with E-state index in [1.54, 1.807) is 0 Å². The summed E-state index contributed by atoms with van der Waals surface area (Å²) in [5.41, 5.74) is 6.21. The van der Waals surface area contributed by atoms with E-state index in [2.05, 4.69) is 25.7 Å². The molecule has 0 radical (unpaired) electrons. The molecule has 2 aliphatic heterocycles. The van der Waals surface area contributed by atoms with Crippen molar-refractivity contribution in [3.8, 4) is 0 Å². The van der Waals surface area contributed by atoms with Crippen molar-refractivity contribution in [2.45, 2.75) is 77.0 Å². The van der Waals surface area contributed by atoms with Crippen LogP contribution in [-0.4, -0.2) is 42.3 Å². The molecule has 2 N–H and O–H groups in total. The van der Waals surface area contributed by atoms with Gasteiger partial charge in [0.1, 0.15) is 0 Å². The first-order valence-electron chi connectivity index (χ1n) is 7.74. The predicted molar refractivity (Wildman–Crippen MR) is 75.6 cm³/mol. The monoisotopic (exact) mass is 254 g/mol. The Hall–Kier alpha value is -0.120. The number of nitrogens with zero attached hydrogens (tertiary/aromatic N) is 1. The molecule has 106 valence electrons. The summed E-state index contributed by atoms with van der Waals surface area (Å²) in [7, 11) is 0. The second-order valence-corrected chi connectivity index (χ2v) is 6.39. The molecule has 0 amide bonds. The lowest BCUT2D eigenvalue weighted by Crippen LogP contribution is -2.61. The third kappa shape index (κ3) is 3.06. The molecule has 3 nitrogen and oxygen atoms in total. The highest BCUT2D eigenvalue weighted by Gasteiger charge is 2.41. The molecule has 2 heterocycles.